The standard InChI is InChI=1S/C14H17N3O2/c1-14(2,8-15)9-16-6-5-10-3-4-11-12(7-10)19-13(18)17-11/h3-4,7,16H,5-6,9H2,1-2H3,(H,17,18). The minimum Gasteiger partial charge on any atom is -0.408 e. The van der Waals surface area contributed by atoms with Crippen LogP contribution in [-0.4, -0.2) is 18.1 Å². The summed E-state index contributed by atoms with van der Waals surface area (Å²) in [7, 11) is 0. The van der Waals surface area contributed by atoms with Gasteiger partial charge in [-0.2, -0.15) is 5.26 Å². The summed E-state index contributed by atoms with van der Waals surface area (Å²) in [6.45, 7) is 5.25. The van der Waals surface area contributed by atoms with E-state index in [0.29, 0.717) is 17.6 Å². The predicted molar refractivity (Wildman–Crippen MR) is 72.8 cm³/mol. The van der Waals surface area contributed by atoms with Gasteiger partial charge in [0.15, 0.2) is 5.58 Å². The highest BCUT2D eigenvalue weighted by atomic mass is 16.4. The Kier molecular flexibility index (Phi) is 3.72. The average molecular weight is 259 g/mol. The van der Waals surface area contributed by atoms with Crippen molar-refractivity contribution < 1.29 is 4.42 Å². The molecule has 1 heterocycles. The van der Waals surface area contributed by atoms with Crippen LogP contribution < -0.4 is 11.1 Å². The fourth-order valence-corrected chi connectivity index (χ4v) is 1.82. The van der Waals surface area contributed by atoms with Crippen LogP contribution in [0.25, 0.3) is 11.1 Å². The van der Waals surface area contributed by atoms with Gasteiger partial charge in [-0.25, -0.2) is 4.79 Å². The Morgan fingerprint density at radius 1 is 1.47 bits per heavy atom. The maximum absolute atomic E-state index is 11.0. The third-order valence-corrected chi connectivity index (χ3v) is 2.95. The lowest BCUT2D eigenvalue weighted by molar-refractivity contribution is 0.447. The fourth-order valence-electron chi connectivity index (χ4n) is 1.82. The molecule has 0 saturated carbocycles. The van der Waals surface area contributed by atoms with Crippen LogP contribution in [0.3, 0.4) is 0 Å². The molecule has 2 N–H and O–H groups in total. The van der Waals surface area contributed by atoms with Crippen molar-refractivity contribution in [3.05, 3.63) is 34.3 Å². The summed E-state index contributed by atoms with van der Waals surface area (Å²) < 4.78 is 5.01. The van der Waals surface area contributed by atoms with E-state index in [2.05, 4.69) is 16.4 Å². The average Bonchev–Trinajstić information content (AvgIpc) is 2.74. The van der Waals surface area contributed by atoms with Crippen molar-refractivity contribution in [2.24, 2.45) is 5.41 Å². The van der Waals surface area contributed by atoms with Gasteiger partial charge in [-0.3, -0.25) is 4.98 Å². The number of benzene rings is 1. The molecule has 2 aromatic rings. The molecule has 0 atom stereocenters. The van der Waals surface area contributed by atoms with Gasteiger partial charge in [-0.05, 0) is 44.5 Å². The van der Waals surface area contributed by atoms with E-state index in [4.69, 9.17) is 9.68 Å². The zero-order chi connectivity index (χ0) is 13.9. The zero-order valence-electron chi connectivity index (χ0n) is 11.1. The maximum Gasteiger partial charge on any atom is 0.417 e. The second-order valence-electron chi connectivity index (χ2n) is 5.27. The zero-order valence-corrected chi connectivity index (χ0v) is 11.1. The van der Waals surface area contributed by atoms with Crippen molar-refractivity contribution in [1.82, 2.24) is 10.3 Å². The number of nitrogens with zero attached hydrogens (tertiary/aromatic N) is 1. The van der Waals surface area contributed by atoms with Crippen LogP contribution in [0.2, 0.25) is 0 Å². The highest BCUT2D eigenvalue weighted by Crippen LogP contribution is 2.13. The lowest BCUT2D eigenvalue weighted by Crippen LogP contribution is -2.29. The van der Waals surface area contributed by atoms with E-state index < -0.39 is 5.76 Å². The monoisotopic (exact) mass is 259 g/mol. The van der Waals surface area contributed by atoms with Gasteiger partial charge in [0.1, 0.15) is 0 Å². The van der Waals surface area contributed by atoms with Crippen molar-refractivity contribution in [2.75, 3.05) is 13.1 Å². The Balaban J connectivity index is 1.92. The first-order valence-corrected chi connectivity index (χ1v) is 6.24. The van der Waals surface area contributed by atoms with Crippen molar-refractivity contribution in [3.63, 3.8) is 0 Å². The molecule has 0 amide bonds. The molecule has 1 aromatic carbocycles. The Hall–Kier alpha value is -2.06. The molecule has 5 heteroatoms. The van der Waals surface area contributed by atoms with Gasteiger partial charge in [0.25, 0.3) is 0 Å². The van der Waals surface area contributed by atoms with Gasteiger partial charge in [0.2, 0.25) is 0 Å². The lowest BCUT2D eigenvalue weighted by atomic mass is 9.96. The van der Waals surface area contributed by atoms with E-state index in [9.17, 15) is 4.79 Å². The number of hydrogen-bond donors (Lipinski definition) is 2. The number of H-pyrrole nitrogens is 1. The predicted octanol–water partition coefficient (Wildman–Crippen LogP) is 1.80. The van der Waals surface area contributed by atoms with Crippen molar-refractivity contribution in [1.29, 1.82) is 5.26 Å². The van der Waals surface area contributed by atoms with E-state index in [-0.39, 0.29) is 5.41 Å². The quantitative estimate of drug-likeness (QED) is 0.802. The topological polar surface area (TPSA) is 81.8 Å². The number of rotatable bonds is 5. The highest BCUT2D eigenvalue weighted by molar-refractivity contribution is 5.72. The van der Waals surface area contributed by atoms with Gasteiger partial charge in [0, 0.05) is 6.54 Å². The number of aromatic amines is 1. The second-order valence-corrected chi connectivity index (χ2v) is 5.27. The SMILES string of the molecule is CC(C)(C#N)CNCCc1ccc2[nH]c(=O)oc2c1. The molecule has 0 aliphatic carbocycles. The van der Waals surface area contributed by atoms with Crippen LogP contribution in [0.4, 0.5) is 0 Å². The van der Waals surface area contributed by atoms with Crippen LogP contribution >= 0.6 is 0 Å². The molecule has 1 aromatic heterocycles. The molecular formula is C14H17N3O2. The normalized spacial score (nSPS) is 11.6. The molecule has 0 radical (unpaired) electrons. The van der Waals surface area contributed by atoms with E-state index in [1.54, 1.807) is 0 Å². The minimum absolute atomic E-state index is 0.350. The largest absolute Gasteiger partial charge is 0.417 e. The maximum atomic E-state index is 11.0. The highest BCUT2D eigenvalue weighted by Gasteiger charge is 2.15. The summed E-state index contributed by atoms with van der Waals surface area (Å²) in [5, 5.41) is 12.2. The molecule has 0 saturated heterocycles. The second kappa shape index (κ2) is 5.29. The smallest absolute Gasteiger partial charge is 0.408 e. The van der Waals surface area contributed by atoms with Crippen molar-refractivity contribution in [2.45, 2.75) is 20.3 Å². The Labute approximate surface area is 111 Å². The molecule has 0 unspecified atom stereocenters. The van der Waals surface area contributed by atoms with Crippen molar-refractivity contribution >= 4 is 11.1 Å². The number of oxazole rings is 1. The first kappa shape index (κ1) is 13.4. The molecule has 2 rings (SSSR count). The lowest BCUT2D eigenvalue weighted by Gasteiger charge is -2.15. The molecule has 0 fully saturated rings. The van der Waals surface area contributed by atoms with Crippen LogP contribution in [0.1, 0.15) is 19.4 Å². The molecule has 5 nitrogen and oxygen atoms in total. The molecule has 0 bridgehead atoms. The van der Waals surface area contributed by atoms with Crippen LogP contribution in [0.5, 0.6) is 0 Å². The first-order valence-electron chi connectivity index (χ1n) is 6.24. The molecular weight excluding hydrogens is 242 g/mol. The Bertz CT molecular complexity index is 661. The van der Waals surface area contributed by atoms with Gasteiger partial charge >= 0.3 is 5.76 Å². The number of nitrogens with one attached hydrogen (secondary N) is 2. The number of hydrogen-bond acceptors (Lipinski definition) is 4. The summed E-state index contributed by atoms with van der Waals surface area (Å²) in [6.07, 6.45) is 0.826. The van der Waals surface area contributed by atoms with Crippen molar-refractivity contribution in [3.8, 4) is 6.07 Å². The van der Waals surface area contributed by atoms with Gasteiger partial charge < -0.3 is 9.73 Å². The fraction of sp³-hybridized carbons (Fsp3) is 0.429. The first-order chi connectivity index (χ1) is 9.00. The Morgan fingerprint density at radius 2 is 2.26 bits per heavy atom. The molecule has 0 spiro atoms. The van der Waals surface area contributed by atoms with Gasteiger partial charge in [0.05, 0.1) is 17.0 Å². The third-order valence-electron chi connectivity index (χ3n) is 2.95. The van der Waals surface area contributed by atoms with E-state index >= 15 is 0 Å². The summed E-state index contributed by atoms with van der Waals surface area (Å²) >= 11 is 0. The third kappa shape index (κ3) is 3.46. The van der Waals surface area contributed by atoms with Crippen LogP contribution in [0.15, 0.2) is 27.4 Å². The summed E-state index contributed by atoms with van der Waals surface area (Å²) in [6, 6.07) is 7.92. The summed E-state index contributed by atoms with van der Waals surface area (Å²) in [5.74, 6) is -0.430. The van der Waals surface area contributed by atoms with E-state index in [0.717, 1.165) is 18.5 Å². The number of nitriles is 1. The van der Waals surface area contributed by atoms with E-state index in [1.165, 1.54) is 0 Å². The molecule has 0 aliphatic heterocycles. The molecule has 0 aliphatic rings. The number of fused-ring (bicyclic) bond motifs is 1. The Morgan fingerprint density at radius 3 is 3.00 bits per heavy atom. The summed E-state index contributed by atoms with van der Waals surface area (Å²) in [5.41, 5.74) is 2.04. The minimum atomic E-state index is -0.430. The molecule has 100 valence electrons. The number of aromatic nitrogens is 1. The van der Waals surface area contributed by atoms with Crippen LogP contribution in [-0.2, 0) is 6.42 Å². The molecule has 19 heavy (non-hydrogen) atoms. The van der Waals surface area contributed by atoms with Gasteiger partial charge in [-0.15, -0.1) is 0 Å². The summed E-state index contributed by atoms with van der Waals surface area (Å²) in [4.78, 5) is 13.6. The van der Waals surface area contributed by atoms with Crippen LogP contribution in [0, 0.1) is 16.7 Å². The van der Waals surface area contributed by atoms with Gasteiger partial charge in [-0.1, -0.05) is 6.07 Å². The van der Waals surface area contributed by atoms with E-state index in [1.807, 2.05) is 32.0 Å².